The first-order valence-corrected chi connectivity index (χ1v) is 8.41. The molecule has 0 aliphatic heterocycles. The van der Waals surface area contributed by atoms with Crippen molar-refractivity contribution in [1.82, 2.24) is 0 Å². The van der Waals surface area contributed by atoms with Gasteiger partial charge < -0.3 is 5.73 Å². The first-order valence-electron chi connectivity index (χ1n) is 8.03. The van der Waals surface area contributed by atoms with Crippen molar-refractivity contribution in [1.29, 1.82) is 0 Å². The molecule has 2 nitrogen and oxygen atoms in total. The molecule has 4 saturated carbocycles. The van der Waals surface area contributed by atoms with Crippen LogP contribution in [0.2, 0.25) is 5.02 Å². The molecule has 5 rings (SSSR count). The fourth-order valence-electron chi connectivity index (χ4n) is 6.17. The predicted octanol–water partition coefficient (Wildman–Crippen LogP) is 4.05. The van der Waals surface area contributed by atoms with E-state index in [0.29, 0.717) is 6.42 Å². The van der Waals surface area contributed by atoms with Crippen LogP contribution in [-0.4, -0.2) is 5.91 Å². The average Bonchev–Trinajstić information content (AvgIpc) is 2.35. The zero-order chi connectivity index (χ0) is 14.7. The van der Waals surface area contributed by atoms with Gasteiger partial charge >= 0.3 is 0 Å². The first-order chi connectivity index (χ1) is 9.99. The quantitative estimate of drug-likeness (QED) is 0.899. The lowest BCUT2D eigenvalue weighted by Crippen LogP contribution is -2.54. The summed E-state index contributed by atoms with van der Waals surface area (Å²) in [5.74, 6) is 1.44. The third kappa shape index (κ3) is 2.19. The lowest BCUT2D eigenvalue weighted by atomic mass is 9.42. The van der Waals surface area contributed by atoms with E-state index in [-0.39, 0.29) is 16.7 Å². The molecule has 0 heterocycles. The summed E-state index contributed by atoms with van der Waals surface area (Å²) < 4.78 is 0. The van der Waals surface area contributed by atoms with Crippen molar-refractivity contribution in [3.8, 4) is 0 Å². The minimum Gasteiger partial charge on any atom is -0.370 e. The Labute approximate surface area is 131 Å². The van der Waals surface area contributed by atoms with Crippen LogP contribution in [0.25, 0.3) is 0 Å². The van der Waals surface area contributed by atoms with Gasteiger partial charge in [0.2, 0.25) is 5.91 Å². The normalized spacial score (nSPS) is 40.4. The van der Waals surface area contributed by atoms with Crippen molar-refractivity contribution in [3.63, 3.8) is 0 Å². The van der Waals surface area contributed by atoms with Gasteiger partial charge in [0.05, 0.1) is 0 Å². The molecular formula is C18H22ClNO. The van der Waals surface area contributed by atoms with E-state index in [1.54, 1.807) is 0 Å². The molecule has 1 aromatic carbocycles. The summed E-state index contributed by atoms with van der Waals surface area (Å²) in [7, 11) is 0. The van der Waals surface area contributed by atoms with Crippen LogP contribution in [0, 0.1) is 17.3 Å². The number of amides is 1. The summed E-state index contributed by atoms with van der Waals surface area (Å²) in [6, 6.07) is 8.42. The van der Waals surface area contributed by atoms with E-state index in [1.165, 1.54) is 37.7 Å². The molecule has 4 aliphatic rings. The second kappa shape index (κ2) is 4.49. The van der Waals surface area contributed by atoms with Gasteiger partial charge in [0.15, 0.2) is 0 Å². The van der Waals surface area contributed by atoms with Crippen LogP contribution in [-0.2, 0) is 10.2 Å². The van der Waals surface area contributed by atoms with Crippen LogP contribution in [0.5, 0.6) is 0 Å². The molecule has 1 amide bonds. The van der Waals surface area contributed by atoms with Gasteiger partial charge in [-0.1, -0.05) is 23.7 Å². The molecule has 0 saturated heterocycles. The van der Waals surface area contributed by atoms with E-state index in [2.05, 4.69) is 12.1 Å². The van der Waals surface area contributed by atoms with E-state index in [9.17, 15) is 4.79 Å². The monoisotopic (exact) mass is 303 g/mol. The van der Waals surface area contributed by atoms with Gasteiger partial charge in [0.1, 0.15) is 0 Å². The number of halogens is 1. The van der Waals surface area contributed by atoms with E-state index in [4.69, 9.17) is 17.3 Å². The molecule has 112 valence electrons. The Morgan fingerprint density at radius 2 is 1.76 bits per heavy atom. The minimum absolute atomic E-state index is 0.122. The molecule has 0 spiro atoms. The molecule has 1 aromatic rings. The molecule has 3 heteroatoms. The fraction of sp³-hybridized carbons (Fsp3) is 0.611. The Morgan fingerprint density at radius 3 is 2.33 bits per heavy atom. The summed E-state index contributed by atoms with van der Waals surface area (Å²) in [4.78, 5) is 11.6. The molecule has 2 atom stereocenters. The van der Waals surface area contributed by atoms with Crippen molar-refractivity contribution in [3.05, 3.63) is 34.9 Å². The van der Waals surface area contributed by atoms with Gasteiger partial charge in [-0.3, -0.25) is 4.79 Å². The predicted molar refractivity (Wildman–Crippen MR) is 84.1 cm³/mol. The Balaban J connectivity index is 1.73. The number of carbonyl (C=O) groups excluding carboxylic acids is 1. The van der Waals surface area contributed by atoms with Gasteiger partial charge in [-0.25, -0.2) is 0 Å². The maximum absolute atomic E-state index is 11.6. The van der Waals surface area contributed by atoms with Crippen LogP contribution in [0.15, 0.2) is 24.3 Å². The van der Waals surface area contributed by atoms with Crippen molar-refractivity contribution in [2.24, 2.45) is 23.0 Å². The lowest BCUT2D eigenvalue weighted by molar-refractivity contribution is -0.128. The van der Waals surface area contributed by atoms with Crippen molar-refractivity contribution < 1.29 is 4.79 Å². The van der Waals surface area contributed by atoms with Crippen LogP contribution in [0.1, 0.15) is 50.5 Å². The standard InChI is InChI=1S/C18H22ClNO/c19-15-3-1-14(2-4-15)18-8-12-5-13(9-18)7-17(6-12,11-18)10-16(20)21/h1-4,12-13H,5-11H2,(H2,20,21). The third-order valence-electron chi connectivity index (χ3n) is 6.19. The van der Waals surface area contributed by atoms with Gasteiger partial charge in [-0.2, -0.15) is 0 Å². The zero-order valence-electron chi connectivity index (χ0n) is 12.3. The number of benzene rings is 1. The van der Waals surface area contributed by atoms with E-state index in [0.717, 1.165) is 23.3 Å². The molecule has 21 heavy (non-hydrogen) atoms. The van der Waals surface area contributed by atoms with Gasteiger partial charge in [0.25, 0.3) is 0 Å². The summed E-state index contributed by atoms with van der Waals surface area (Å²) in [6.45, 7) is 0. The number of nitrogens with two attached hydrogens (primary N) is 1. The van der Waals surface area contributed by atoms with Crippen LogP contribution < -0.4 is 5.73 Å². The SMILES string of the molecule is NC(=O)CC12CC3CC(C1)CC(c1ccc(Cl)cc1)(C3)C2. The van der Waals surface area contributed by atoms with Crippen molar-refractivity contribution >= 4 is 17.5 Å². The number of primary amides is 1. The molecule has 0 aromatic heterocycles. The number of carbonyl (C=O) groups is 1. The van der Waals surface area contributed by atoms with Crippen LogP contribution in [0.4, 0.5) is 0 Å². The largest absolute Gasteiger partial charge is 0.370 e. The molecular weight excluding hydrogens is 282 g/mol. The molecule has 4 aliphatic carbocycles. The first kappa shape index (κ1) is 13.6. The topological polar surface area (TPSA) is 43.1 Å². The summed E-state index contributed by atoms with van der Waals surface area (Å²) >= 11 is 6.05. The smallest absolute Gasteiger partial charge is 0.217 e. The lowest BCUT2D eigenvalue weighted by Gasteiger charge is -2.62. The number of hydrogen-bond donors (Lipinski definition) is 1. The highest BCUT2D eigenvalue weighted by Gasteiger charge is 2.58. The van der Waals surface area contributed by atoms with E-state index >= 15 is 0 Å². The summed E-state index contributed by atoms with van der Waals surface area (Å²) in [6.07, 6.45) is 8.06. The average molecular weight is 304 g/mol. The highest BCUT2D eigenvalue weighted by Crippen LogP contribution is 2.66. The summed E-state index contributed by atoms with van der Waals surface area (Å²) in [5, 5.41) is 0.801. The van der Waals surface area contributed by atoms with E-state index < -0.39 is 0 Å². The second-order valence-electron chi connectivity index (χ2n) is 7.89. The molecule has 4 fully saturated rings. The van der Waals surface area contributed by atoms with Crippen LogP contribution in [0.3, 0.4) is 0 Å². The zero-order valence-corrected chi connectivity index (χ0v) is 13.0. The highest BCUT2D eigenvalue weighted by molar-refractivity contribution is 6.30. The molecule has 2 N–H and O–H groups in total. The van der Waals surface area contributed by atoms with Crippen molar-refractivity contribution in [2.45, 2.75) is 50.4 Å². The molecule has 2 unspecified atom stereocenters. The number of hydrogen-bond acceptors (Lipinski definition) is 1. The Hall–Kier alpha value is -1.02. The highest BCUT2D eigenvalue weighted by atomic mass is 35.5. The van der Waals surface area contributed by atoms with Crippen molar-refractivity contribution in [2.75, 3.05) is 0 Å². The maximum atomic E-state index is 11.6. The minimum atomic E-state index is -0.122. The van der Waals surface area contributed by atoms with Crippen LogP contribution >= 0.6 is 11.6 Å². The maximum Gasteiger partial charge on any atom is 0.217 e. The van der Waals surface area contributed by atoms with Gasteiger partial charge in [0, 0.05) is 11.4 Å². The molecule has 4 bridgehead atoms. The second-order valence-corrected chi connectivity index (χ2v) is 8.33. The van der Waals surface area contributed by atoms with E-state index in [1.807, 2.05) is 12.1 Å². The number of rotatable bonds is 3. The Bertz CT molecular complexity index is 565. The Morgan fingerprint density at radius 1 is 1.14 bits per heavy atom. The Kier molecular flexibility index (Phi) is 2.91. The third-order valence-corrected chi connectivity index (χ3v) is 6.44. The van der Waals surface area contributed by atoms with Gasteiger partial charge in [-0.15, -0.1) is 0 Å². The fourth-order valence-corrected chi connectivity index (χ4v) is 6.30. The molecule has 0 radical (unpaired) electrons. The summed E-state index contributed by atoms with van der Waals surface area (Å²) in [5.41, 5.74) is 7.43. The van der Waals surface area contributed by atoms with Gasteiger partial charge in [-0.05, 0) is 78.9 Å².